The minimum Gasteiger partial charge on any atom is -0.484 e. The third-order valence-corrected chi connectivity index (χ3v) is 5.66. The van der Waals surface area contributed by atoms with Gasteiger partial charge in [-0.05, 0) is 56.0 Å². The smallest absolute Gasteiger partial charge is 0.261 e. The number of nitrogens with one attached hydrogen (secondary N) is 1. The van der Waals surface area contributed by atoms with Crippen LogP contribution in [0.4, 0.5) is 0 Å². The average molecular weight is 473 g/mol. The quantitative estimate of drug-likeness (QED) is 0.442. The molecular formula is C30H36N2O3. The van der Waals surface area contributed by atoms with Crippen LogP contribution >= 0.6 is 0 Å². The summed E-state index contributed by atoms with van der Waals surface area (Å²) >= 11 is 0. The van der Waals surface area contributed by atoms with Gasteiger partial charge < -0.3 is 15.0 Å². The molecule has 0 aromatic heterocycles. The number of carbonyl (C=O) groups is 2. The molecule has 0 bridgehead atoms. The van der Waals surface area contributed by atoms with Crippen LogP contribution in [0.5, 0.6) is 5.75 Å². The minimum atomic E-state index is -0.685. The van der Waals surface area contributed by atoms with Crippen LogP contribution in [-0.4, -0.2) is 34.9 Å². The molecule has 0 unspecified atom stereocenters. The Morgan fingerprint density at radius 2 is 1.40 bits per heavy atom. The molecule has 0 fully saturated rings. The second-order valence-corrected chi connectivity index (χ2v) is 9.74. The van der Waals surface area contributed by atoms with Gasteiger partial charge in [0, 0.05) is 18.5 Å². The molecule has 5 heteroatoms. The summed E-state index contributed by atoms with van der Waals surface area (Å²) in [7, 11) is 0. The van der Waals surface area contributed by atoms with Crippen LogP contribution in [0.1, 0.15) is 44.4 Å². The first-order chi connectivity index (χ1) is 16.7. The van der Waals surface area contributed by atoms with Crippen molar-refractivity contribution in [1.29, 1.82) is 0 Å². The van der Waals surface area contributed by atoms with Crippen molar-refractivity contribution in [3.8, 4) is 5.75 Å². The molecule has 0 aliphatic rings. The summed E-state index contributed by atoms with van der Waals surface area (Å²) in [6.07, 6.45) is 1.35. The standard InChI is InChI=1S/C30H36N2O3/c1-5-23-16-18-26(19-17-23)35-22-28(33)32(21-25-14-10-7-11-15-25)27(29(34)31-30(2,3)4)20-24-12-8-6-9-13-24/h6-19,27H,5,20-22H2,1-4H3,(H,31,34)/t27-/m0/s1. The number of nitrogens with zero attached hydrogens (tertiary/aromatic N) is 1. The topological polar surface area (TPSA) is 58.6 Å². The van der Waals surface area contributed by atoms with E-state index >= 15 is 0 Å². The lowest BCUT2D eigenvalue weighted by Gasteiger charge is -2.33. The van der Waals surface area contributed by atoms with Gasteiger partial charge in [0.1, 0.15) is 11.8 Å². The number of carbonyl (C=O) groups excluding carboxylic acids is 2. The third-order valence-electron chi connectivity index (χ3n) is 5.66. The summed E-state index contributed by atoms with van der Waals surface area (Å²) in [5.74, 6) is 0.213. The summed E-state index contributed by atoms with van der Waals surface area (Å²) in [4.78, 5) is 28.7. The van der Waals surface area contributed by atoms with E-state index in [9.17, 15) is 9.59 Å². The molecule has 0 heterocycles. The average Bonchev–Trinajstić information content (AvgIpc) is 2.85. The van der Waals surface area contributed by atoms with Crippen molar-refractivity contribution in [3.05, 3.63) is 102 Å². The predicted molar refractivity (Wildman–Crippen MR) is 140 cm³/mol. The van der Waals surface area contributed by atoms with Crippen molar-refractivity contribution in [3.63, 3.8) is 0 Å². The molecule has 0 aliphatic heterocycles. The lowest BCUT2D eigenvalue weighted by atomic mass is 10.0. The van der Waals surface area contributed by atoms with Gasteiger partial charge in [-0.3, -0.25) is 9.59 Å². The van der Waals surface area contributed by atoms with E-state index in [-0.39, 0.29) is 18.4 Å². The highest BCUT2D eigenvalue weighted by Crippen LogP contribution is 2.18. The summed E-state index contributed by atoms with van der Waals surface area (Å²) in [5.41, 5.74) is 2.72. The highest BCUT2D eigenvalue weighted by atomic mass is 16.5. The molecule has 5 nitrogen and oxygen atoms in total. The highest BCUT2D eigenvalue weighted by Gasteiger charge is 2.32. The number of amides is 2. The van der Waals surface area contributed by atoms with E-state index in [1.807, 2.05) is 106 Å². The Hall–Kier alpha value is -3.60. The molecule has 0 radical (unpaired) electrons. The molecule has 0 saturated carbocycles. The molecule has 3 aromatic carbocycles. The number of ether oxygens (including phenoxy) is 1. The first-order valence-electron chi connectivity index (χ1n) is 12.2. The van der Waals surface area contributed by atoms with Crippen molar-refractivity contribution in [1.82, 2.24) is 10.2 Å². The lowest BCUT2D eigenvalue weighted by molar-refractivity contribution is -0.143. The van der Waals surface area contributed by atoms with E-state index < -0.39 is 11.6 Å². The normalized spacial score (nSPS) is 12.0. The van der Waals surface area contributed by atoms with E-state index in [2.05, 4.69) is 12.2 Å². The van der Waals surface area contributed by atoms with Crippen molar-refractivity contribution in [2.45, 2.75) is 58.7 Å². The Morgan fingerprint density at radius 1 is 0.829 bits per heavy atom. The molecule has 0 aliphatic carbocycles. The fraction of sp³-hybridized carbons (Fsp3) is 0.333. The summed E-state index contributed by atoms with van der Waals surface area (Å²) in [5, 5.41) is 3.07. The van der Waals surface area contributed by atoms with Gasteiger partial charge in [0.05, 0.1) is 0 Å². The van der Waals surface area contributed by atoms with Crippen LogP contribution in [0.2, 0.25) is 0 Å². The molecule has 2 amide bonds. The molecule has 3 aromatic rings. The van der Waals surface area contributed by atoms with Gasteiger partial charge in [-0.15, -0.1) is 0 Å². The van der Waals surface area contributed by atoms with Crippen molar-refractivity contribution >= 4 is 11.8 Å². The maximum atomic E-state index is 13.6. The second kappa shape index (κ2) is 12.2. The van der Waals surface area contributed by atoms with Gasteiger partial charge >= 0.3 is 0 Å². The van der Waals surface area contributed by atoms with Crippen LogP contribution in [0.3, 0.4) is 0 Å². The highest BCUT2D eigenvalue weighted by molar-refractivity contribution is 5.89. The van der Waals surface area contributed by atoms with Crippen molar-refractivity contribution in [2.24, 2.45) is 0 Å². The molecule has 1 atom stereocenters. The number of aryl methyl sites for hydroxylation is 1. The second-order valence-electron chi connectivity index (χ2n) is 9.74. The third kappa shape index (κ3) is 8.29. The fourth-order valence-corrected chi connectivity index (χ4v) is 3.84. The van der Waals surface area contributed by atoms with Gasteiger partial charge in [0.25, 0.3) is 5.91 Å². The van der Waals surface area contributed by atoms with Crippen LogP contribution in [-0.2, 0) is 29.0 Å². The molecule has 0 saturated heterocycles. The van der Waals surface area contributed by atoms with Crippen molar-refractivity contribution in [2.75, 3.05) is 6.61 Å². The molecule has 1 N–H and O–H groups in total. The molecular weight excluding hydrogens is 436 g/mol. The van der Waals surface area contributed by atoms with Crippen LogP contribution in [0.25, 0.3) is 0 Å². The SMILES string of the molecule is CCc1ccc(OCC(=O)N(Cc2ccccc2)[C@@H](Cc2ccccc2)C(=O)NC(C)(C)C)cc1. The number of benzene rings is 3. The van der Waals surface area contributed by atoms with Gasteiger partial charge in [-0.25, -0.2) is 0 Å². The summed E-state index contributed by atoms with van der Waals surface area (Å²) in [6.45, 7) is 8.08. The Labute approximate surface area is 209 Å². The molecule has 35 heavy (non-hydrogen) atoms. The van der Waals surface area contributed by atoms with E-state index in [0.717, 1.165) is 17.5 Å². The minimum absolute atomic E-state index is 0.146. The fourth-order valence-electron chi connectivity index (χ4n) is 3.84. The molecule has 0 spiro atoms. The lowest BCUT2D eigenvalue weighted by Crippen LogP contribution is -2.55. The first-order valence-corrected chi connectivity index (χ1v) is 12.2. The zero-order valence-electron chi connectivity index (χ0n) is 21.2. The van der Waals surface area contributed by atoms with Gasteiger partial charge in [0.15, 0.2) is 6.61 Å². The number of hydrogen-bond acceptors (Lipinski definition) is 3. The van der Waals surface area contributed by atoms with Crippen molar-refractivity contribution < 1.29 is 14.3 Å². The van der Waals surface area contributed by atoms with Crippen LogP contribution in [0.15, 0.2) is 84.9 Å². The van der Waals surface area contributed by atoms with E-state index in [1.54, 1.807) is 4.90 Å². The Kier molecular flexibility index (Phi) is 9.07. The van der Waals surface area contributed by atoms with E-state index in [4.69, 9.17) is 4.74 Å². The maximum Gasteiger partial charge on any atom is 0.261 e. The van der Waals surface area contributed by atoms with Gasteiger partial charge in [0.2, 0.25) is 5.91 Å². The summed E-state index contributed by atoms with van der Waals surface area (Å²) < 4.78 is 5.84. The molecule has 3 rings (SSSR count). The first kappa shape index (κ1) is 26.0. The number of rotatable bonds is 10. The zero-order valence-corrected chi connectivity index (χ0v) is 21.2. The summed E-state index contributed by atoms with van der Waals surface area (Å²) in [6, 6.07) is 26.6. The Balaban J connectivity index is 1.88. The monoisotopic (exact) mass is 472 g/mol. The Bertz CT molecular complexity index is 1070. The zero-order chi connectivity index (χ0) is 25.3. The van der Waals surface area contributed by atoms with Gasteiger partial charge in [-0.1, -0.05) is 79.7 Å². The van der Waals surface area contributed by atoms with Gasteiger partial charge in [-0.2, -0.15) is 0 Å². The van der Waals surface area contributed by atoms with E-state index in [1.165, 1.54) is 5.56 Å². The Morgan fingerprint density at radius 3 is 1.94 bits per heavy atom. The predicted octanol–water partition coefficient (Wildman–Crippen LogP) is 5.18. The largest absolute Gasteiger partial charge is 0.484 e. The van der Waals surface area contributed by atoms with E-state index in [0.29, 0.717) is 18.7 Å². The number of hydrogen-bond donors (Lipinski definition) is 1. The van der Waals surface area contributed by atoms with Crippen LogP contribution in [0, 0.1) is 0 Å². The maximum absolute atomic E-state index is 13.6. The van der Waals surface area contributed by atoms with Crippen LogP contribution < -0.4 is 10.1 Å². The molecule has 184 valence electrons.